The molecule has 1 heterocycles. The number of nitrogens with one attached hydrogen (secondary N) is 1. The molecule has 0 bridgehead atoms. The van der Waals surface area contributed by atoms with Gasteiger partial charge in [0.05, 0.1) is 38.8 Å². The number of nitrogens with zero attached hydrogens (tertiary/aromatic N) is 1. The Kier molecular flexibility index (Phi) is 8.11. The molecule has 0 saturated heterocycles. The zero-order valence-corrected chi connectivity index (χ0v) is 20.0. The van der Waals surface area contributed by atoms with E-state index >= 15 is 0 Å². The summed E-state index contributed by atoms with van der Waals surface area (Å²) in [5.41, 5.74) is 8.37. The number of hydrogen-bond donors (Lipinski definition) is 2. The maximum absolute atomic E-state index is 6.36. The average Bonchev–Trinajstić information content (AvgIpc) is 2.75. The van der Waals surface area contributed by atoms with E-state index < -0.39 is 0 Å². The predicted molar refractivity (Wildman–Crippen MR) is 131 cm³/mol. The number of methoxy groups -OCH3 is 1. The second-order valence-corrected chi connectivity index (χ2v) is 8.51. The normalized spacial score (nSPS) is 12.1. The van der Waals surface area contributed by atoms with E-state index in [1.165, 1.54) is 0 Å². The van der Waals surface area contributed by atoms with Gasteiger partial charge in [-0.2, -0.15) is 0 Å². The van der Waals surface area contributed by atoms with Gasteiger partial charge in [-0.15, -0.1) is 0 Å². The minimum Gasteiger partial charge on any atom is -0.493 e. The van der Waals surface area contributed by atoms with Crippen molar-refractivity contribution in [3.63, 3.8) is 0 Å². The molecule has 0 saturated carbocycles. The first kappa shape index (κ1) is 23.7. The Bertz CT molecular complexity index is 1080. The largest absolute Gasteiger partial charge is 0.493 e. The summed E-state index contributed by atoms with van der Waals surface area (Å²) in [7, 11) is 1.60. The Hall–Kier alpha value is -1.92. The van der Waals surface area contributed by atoms with Gasteiger partial charge >= 0.3 is 0 Å². The van der Waals surface area contributed by atoms with Crippen molar-refractivity contribution in [1.82, 2.24) is 4.98 Å². The molecule has 5 nitrogen and oxygen atoms in total. The first-order valence-electron chi connectivity index (χ1n) is 10.1. The van der Waals surface area contributed by atoms with E-state index in [2.05, 4.69) is 17.2 Å². The van der Waals surface area contributed by atoms with Crippen LogP contribution in [0.3, 0.4) is 0 Å². The molecular weight excluding hydrogens is 457 g/mol. The minimum atomic E-state index is 0.273. The first-order chi connectivity index (χ1) is 14.9. The first-order valence-corrected chi connectivity index (χ1v) is 11.3. The summed E-state index contributed by atoms with van der Waals surface area (Å²) < 4.78 is 11.9. The molecule has 0 spiro atoms. The number of fused-ring (bicyclic) bond motifs is 1. The van der Waals surface area contributed by atoms with Gasteiger partial charge in [0.15, 0.2) is 11.5 Å². The Morgan fingerprint density at radius 2 is 1.84 bits per heavy atom. The Morgan fingerprint density at radius 1 is 1.10 bits per heavy atom. The fourth-order valence-corrected chi connectivity index (χ4v) is 4.03. The third-order valence-corrected chi connectivity index (χ3v) is 6.17. The van der Waals surface area contributed by atoms with Crippen molar-refractivity contribution in [2.45, 2.75) is 39.2 Å². The van der Waals surface area contributed by atoms with Gasteiger partial charge in [-0.25, -0.2) is 0 Å². The van der Waals surface area contributed by atoms with E-state index in [1.54, 1.807) is 25.4 Å². The highest BCUT2D eigenvalue weighted by Crippen LogP contribution is 2.45. The molecule has 31 heavy (non-hydrogen) atoms. The molecule has 3 N–H and O–H groups in total. The van der Waals surface area contributed by atoms with E-state index in [0.717, 1.165) is 41.4 Å². The van der Waals surface area contributed by atoms with E-state index in [4.69, 9.17) is 50.0 Å². The third-order valence-electron chi connectivity index (χ3n) is 5.16. The summed E-state index contributed by atoms with van der Waals surface area (Å²) in [6.07, 6.45) is 4.67. The minimum absolute atomic E-state index is 0.273. The number of halogens is 3. The average molecular weight is 483 g/mol. The van der Waals surface area contributed by atoms with Crippen LogP contribution in [0.4, 0.5) is 5.69 Å². The van der Waals surface area contributed by atoms with E-state index in [1.807, 2.05) is 19.1 Å². The number of anilines is 1. The van der Waals surface area contributed by atoms with Crippen molar-refractivity contribution in [2.24, 2.45) is 5.73 Å². The molecule has 166 valence electrons. The Labute approximate surface area is 197 Å². The fourth-order valence-electron chi connectivity index (χ4n) is 3.46. The monoisotopic (exact) mass is 481 g/mol. The quantitative estimate of drug-likeness (QED) is 0.315. The van der Waals surface area contributed by atoms with Crippen molar-refractivity contribution < 1.29 is 9.47 Å². The highest BCUT2D eigenvalue weighted by Gasteiger charge is 2.20. The summed E-state index contributed by atoms with van der Waals surface area (Å²) in [4.78, 5) is 4.64. The molecule has 3 aromatic rings. The molecule has 2 aromatic carbocycles. The fraction of sp³-hybridized carbons (Fsp3) is 0.348. The third kappa shape index (κ3) is 5.29. The van der Waals surface area contributed by atoms with Gasteiger partial charge in [0.1, 0.15) is 5.75 Å². The highest BCUT2D eigenvalue weighted by atomic mass is 35.5. The maximum Gasteiger partial charge on any atom is 0.179 e. The lowest BCUT2D eigenvalue weighted by Crippen LogP contribution is -2.20. The van der Waals surface area contributed by atoms with Crippen LogP contribution < -0.4 is 20.5 Å². The lowest BCUT2D eigenvalue weighted by Gasteiger charge is -2.22. The van der Waals surface area contributed by atoms with Crippen LogP contribution >= 0.6 is 34.8 Å². The predicted octanol–water partition coefficient (Wildman–Crippen LogP) is 7.23. The van der Waals surface area contributed by atoms with E-state index in [0.29, 0.717) is 38.9 Å². The number of aryl methyl sites for hydroxylation is 1. The van der Waals surface area contributed by atoms with Crippen LogP contribution in [-0.2, 0) is 0 Å². The number of hydrogen-bond acceptors (Lipinski definition) is 5. The smallest absolute Gasteiger partial charge is 0.179 e. The van der Waals surface area contributed by atoms with Crippen molar-refractivity contribution in [2.75, 3.05) is 19.0 Å². The lowest BCUT2D eigenvalue weighted by molar-refractivity contribution is 0.381. The zero-order valence-electron chi connectivity index (χ0n) is 17.8. The topological polar surface area (TPSA) is 69.4 Å². The van der Waals surface area contributed by atoms with Gasteiger partial charge in [0.2, 0.25) is 0 Å². The van der Waals surface area contributed by atoms with Gasteiger partial charge in [0, 0.05) is 24.4 Å². The van der Waals surface area contributed by atoms with Crippen molar-refractivity contribution in [3.05, 3.63) is 51.1 Å². The number of pyridine rings is 1. The van der Waals surface area contributed by atoms with Crippen LogP contribution in [0.1, 0.15) is 31.7 Å². The highest BCUT2D eigenvalue weighted by molar-refractivity contribution is 6.43. The molecule has 1 unspecified atom stereocenters. The molecule has 0 amide bonds. The number of ether oxygens (including phenoxy) is 2. The van der Waals surface area contributed by atoms with Crippen LogP contribution in [0.2, 0.25) is 15.1 Å². The van der Waals surface area contributed by atoms with Crippen LogP contribution in [0.15, 0.2) is 30.5 Å². The molecule has 0 aliphatic carbocycles. The van der Waals surface area contributed by atoms with Gasteiger partial charge < -0.3 is 20.5 Å². The summed E-state index contributed by atoms with van der Waals surface area (Å²) >= 11 is 18.6. The number of benzene rings is 2. The lowest BCUT2D eigenvalue weighted by atomic mass is 10.0. The van der Waals surface area contributed by atoms with Gasteiger partial charge in [-0.3, -0.25) is 4.98 Å². The second-order valence-electron chi connectivity index (χ2n) is 7.29. The summed E-state index contributed by atoms with van der Waals surface area (Å²) in [5.74, 6) is 1.46. The van der Waals surface area contributed by atoms with Gasteiger partial charge in [-0.1, -0.05) is 41.7 Å². The molecule has 1 aromatic heterocycles. The molecule has 1 atom stereocenters. The molecule has 3 rings (SSSR count). The Morgan fingerprint density at radius 3 is 2.52 bits per heavy atom. The number of nitrogens with two attached hydrogens (primary N) is 1. The maximum atomic E-state index is 6.36. The van der Waals surface area contributed by atoms with Crippen LogP contribution in [-0.4, -0.2) is 24.7 Å². The molecule has 8 heteroatoms. The second kappa shape index (κ2) is 10.6. The zero-order chi connectivity index (χ0) is 22.5. The summed E-state index contributed by atoms with van der Waals surface area (Å²) in [6, 6.07) is 7.26. The molecule has 0 aliphatic heterocycles. The van der Waals surface area contributed by atoms with Crippen LogP contribution in [0.25, 0.3) is 10.9 Å². The number of aromatic nitrogens is 1. The van der Waals surface area contributed by atoms with Crippen LogP contribution in [0, 0.1) is 6.92 Å². The van der Waals surface area contributed by atoms with Crippen molar-refractivity contribution >= 4 is 51.4 Å². The SMILES string of the molecule is CCC(CCCN)Nc1cc(OC)c(Oc2cc(Cl)c(Cl)cc2Cl)c2c(C)ccnc12. The van der Waals surface area contributed by atoms with Gasteiger partial charge in [-0.05, 0) is 50.4 Å². The Balaban J connectivity index is 2.14. The molecule has 0 fully saturated rings. The van der Waals surface area contributed by atoms with Crippen LogP contribution in [0.5, 0.6) is 17.2 Å². The molecule has 0 aliphatic rings. The summed E-state index contributed by atoms with van der Waals surface area (Å²) in [5, 5.41) is 5.50. The molecule has 0 radical (unpaired) electrons. The number of rotatable bonds is 9. The van der Waals surface area contributed by atoms with Crippen molar-refractivity contribution in [1.29, 1.82) is 0 Å². The van der Waals surface area contributed by atoms with E-state index in [-0.39, 0.29) is 6.04 Å². The van der Waals surface area contributed by atoms with Crippen molar-refractivity contribution in [3.8, 4) is 17.2 Å². The standard InChI is InChI=1S/C23H26Cl3N3O2/c1-4-14(6-5-8-27)29-18-12-20(30-3)23(21-13(2)7-9-28-22(18)21)31-19-11-16(25)15(24)10-17(19)26/h7,9-12,14,29H,4-6,8,27H2,1-3H3. The van der Waals surface area contributed by atoms with E-state index in [9.17, 15) is 0 Å². The summed E-state index contributed by atoms with van der Waals surface area (Å²) in [6.45, 7) is 4.81. The molecular formula is C23H26Cl3N3O2. The van der Waals surface area contributed by atoms with Gasteiger partial charge in [0.25, 0.3) is 0 Å².